The third kappa shape index (κ3) is 3.16. The normalized spacial score (nSPS) is 11.0. The Morgan fingerprint density at radius 2 is 1.90 bits per heavy atom. The standard InChI is InChI=1S/C15H22N4O2/c1-10(2)7-13-12(9-16)17-18-19(13)11-5-6-14(20-3)15(8-11)21-4/h5-6,8,10H,7,9,16H2,1-4H3. The third-order valence-corrected chi connectivity index (χ3v) is 3.25. The maximum atomic E-state index is 5.76. The first kappa shape index (κ1) is 15.3. The molecule has 1 aromatic carbocycles. The molecule has 0 aliphatic carbocycles. The van der Waals surface area contributed by atoms with E-state index >= 15 is 0 Å². The number of nitrogens with zero attached hydrogens (tertiary/aromatic N) is 3. The van der Waals surface area contributed by atoms with E-state index in [0.29, 0.717) is 24.0 Å². The predicted octanol–water partition coefficient (Wildman–Crippen LogP) is 1.94. The summed E-state index contributed by atoms with van der Waals surface area (Å²) in [6.07, 6.45) is 0.869. The van der Waals surface area contributed by atoms with Gasteiger partial charge < -0.3 is 15.2 Å². The van der Waals surface area contributed by atoms with Gasteiger partial charge in [-0.05, 0) is 24.5 Å². The van der Waals surface area contributed by atoms with Crippen molar-refractivity contribution in [1.29, 1.82) is 0 Å². The van der Waals surface area contributed by atoms with Crippen LogP contribution < -0.4 is 15.2 Å². The minimum Gasteiger partial charge on any atom is -0.493 e. The van der Waals surface area contributed by atoms with Crippen molar-refractivity contribution in [2.75, 3.05) is 14.2 Å². The molecule has 6 heteroatoms. The Labute approximate surface area is 124 Å². The topological polar surface area (TPSA) is 75.2 Å². The van der Waals surface area contributed by atoms with Crippen molar-refractivity contribution in [3.63, 3.8) is 0 Å². The smallest absolute Gasteiger partial charge is 0.162 e. The third-order valence-electron chi connectivity index (χ3n) is 3.25. The second kappa shape index (κ2) is 6.58. The lowest BCUT2D eigenvalue weighted by Crippen LogP contribution is -2.09. The molecule has 6 nitrogen and oxygen atoms in total. The van der Waals surface area contributed by atoms with Crippen LogP contribution in [0.25, 0.3) is 5.69 Å². The van der Waals surface area contributed by atoms with Crippen LogP contribution in [-0.2, 0) is 13.0 Å². The number of benzene rings is 1. The Hall–Kier alpha value is -2.08. The molecule has 2 rings (SSSR count). The van der Waals surface area contributed by atoms with Gasteiger partial charge in [0.1, 0.15) is 0 Å². The van der Waals surface area contributed by atoms with Crippen LogP contribution in [-0.4, -0.2) is 29.2 Å². The van der Waals surface area contributed by atoms with Gasteiger partial charge in [0.25, 0.3) is 0 Å². The van der Waals surface area contributed by atoms with Gasteiger partial charge in [0, 0.05) is 12.6 Å². The molecule has 0 atom stereocenters. The molecular formula is C15H22N4O2. The number of methoxy groups -OCH3 is 2. The average molecular weight is 290 g/mol. The highest BCUT2D eigenvalue weighted by Gasteiger charge is 2.16. The highest BCUT2D eigenvalue weighted by atomic mass is 16.5. The van der Waals surface area contributed by atoms with Crippen molar-refractivity contribution in [2.24, 2.45) is 11.7 Å². The fourth-order valence-electron chi connectivity index (χ4n) is 2.25. The summed E-state index contributed by atoms with van der Waals surface area (Å²) in [5, 5.41) is 8.41. The number of aromatic nitrogens is 3. The van der Waals surface area contributed by atoms with E-state index in [4.69, 9.17) is 15.2 Å². The number of hydrogen-bond donors (Lipinski definition) is 1. The zero-order valence-corrected chi connectivity index (χ0v) is 13.0. The molecule has 114 valence electrons. The van der Waals surface area contributed by atoms with Crippen LogP contribution in [0.2, 0.25) is 0 Å². The molecule has 2 aromatic rings. The summed E-state index contributed by atoms with van der Waals surface area (Å²) in [6.45, 7) is 4.70. The maximum Gasteiger partial charge on any atom is 0.162 e. The van der Waals surface area contributed by atoms with E-state index in [1.54, 1.807) is 14.2 Å². The summed E-state index contributed by atoms with van der Waals surface area (Å²) in [5.41, 5.74) is 8.52. The summed E-state index contributed by atoms with van der Waals surface area (Å²) in [4.78, 5) is 0. The van der Waals surface area contributed by atoms with Crippen molar-refractivity contribution in [2.45, 2.75) is 26.8 Å². The van der Waals surface area contributed by atoms with E-state index < -0.39 is 0 Å². The van der Waals surface area contributed by atoms with Crippen LogP contribution in [0.5, 0.6) is 11.5 Å². The molecule has 0 aliphatic heterocycles. The molecule has 2 N–H and O–H groups in total. The number of ether oxygens (including phenoxy) is 2. The van der Waals surface area contributed by atoms with Gasteiger partial charge in [0.2, 0.25) is 0 Å². The van der Waals surface area contributed by atoms with Crippen LogP contribution >= 0.6 is 0 Å². The Morgan fingerprint density at radius 3 is 2.48 bits per heavy atom. The van der Waals surface area contributed by atoms with Crippen molar-refractivity contribution in [3.05, 3.63) is 29.6 Å². The monoisotopic (exact) mass is 290 g/mol. The van der Waals surface area contributed by atoms with Crippen LogP contribution in [0.1, 0.15) is 25.2 Å². The van der Waals surface area contributed by atoms with Crippen molar-refractivity contribution < 1.29 is 9.47 Å². The van der Waals surface area contributed by atoms with E-state index in [0.717, 1.165) is 23.5 Å². The first-order valence-corrected chi connectivity index (χ1v) is 6.96. The zero-order chi connectivity index (χ0) is 15.4. The molecule has 0 fully saturated rings. The molecule has 21 heavy (non-hydrogen) atoms. The summed E-state index contributed by atoms with van der Waals surface area (Å²) in [6, 6.07) is 5.68. The summed E-state index contributed by atoms with van der Waals surface area (Å²) in [7, 11) is 3.23. The van der Waals surface area contributed by atoms with E-state index in [9.17, 15) is 0 Å². The summed E-state index contributed by atoms with van der Waals surface area (Å²) in [5.74, 6) is 1.84. The van der Waals surface area contributed by atoms with Gasteiger partial charge in [-0.15, -0.1) is 5.10 Å². The Bertz CT molecular complexity index is 608. The second-order valence-electron chi connectivity index (χ2n) is 5.24. The van der Waals surface area contributed by atoms with Gasteiger partial charge in [-0.3, -0.25) is 0 Å². The van der Waals surface area contributed by atoms with Crippen molar-refractivity contribution in [1.82, 2.24) is 15.0 Å². The SMILES string of the molecule is COc1ccc(-n2nnc(CN)c2CC(C)C)cc1OC. The largest absolute Gasteiger partial charge is 0.493 e. The lowest BCUT2D eigenvalue weighted by molar-refractivity contribution is 0.354. The molecular weight excluding hydrogens is 268 g/mol. The van der Waals surface area contributed by atoms with Gasteiger partial charge in [-0.1, -0.05) is 19.1 Å². The quantitative estimate of drug-likeness (QED) is 0.880. The number of hydrogen-bond acceptors (Lipinski definition) is 5. The van der Waals surface area contributed by atoms with E-state index in [-0.39, 0.29) is 0 Å². The fraction of sp³-hybridized carbons (Fsp3) is 0.467. The lowest BCUT2D eigenvalue weighted by atomic mass is 10.1. The van der Waals surface area contributed by atoms with E-state index in [2.05, 4.69) is 24.2 Å². The molecule has 1 heterocycles. The van der Waals surface area contributed by atoms with Crippen LogP contribution in [0.15, 0.2) is 18.2 Å². The molecule has 0 unspecified atom stereocenters. The summed E-state index contributed by atoms with van der Waals surface area (Å²) >= 11 is 0. The minimum atomic E-state index is 0.384. The number of nitrogens with two attached hydrogens (primary N) is 1. The summed E-state index contributed by atoms with van der Waals surface area (Å²) < 4.78 is 12.4. The van der Waals surface area contributed by atoms with E-state index in [1.165, 1.54) is 0 Å². The van der Waals surface area contributed by atoms with Crippen molar-refractivity contribution >= 4 is 0 Å². The molecule has 0 saturated heterocycles. The molecule has 0 saturated carbocycles. The molecule has 0 radical (unpaired) electrons. The van der Waals surface area contributed by atoms with Gasteiger partial charge in [-0.25, -0.2) is 4.68 Å². The first-order chi connectivity index (χ1) is 10.1. The highest BCUT2D eigenvalue weighted by molar-refractivity contribution is 5.49. The van der Waals surface area contributed by atoms with Gasteiger partial charge in [0.15, 0.2) is 11.5 Å². The molecule has 0 spiro atoms. The highest BCUT2D eigenvalue weighted by Crippen LogP contribution is 2.29. The lowest BCUT2D eigenvalue weighted by Gasteiger charge is -2.12. The van der Waals surface area contributed by atoms with Crippen molar-refractivity contribution in [3.8, 4) is 17.2 Å². The van der Waals surface area contributed by atoms with Gasteiger partial charge in [0.05, 0.1) is 31.3 Å². The van der Waals surface area contributed by atoms with E-state index in [1.807, 2.05) is 22.9 Å². The molecule has 0 bridgehead atoms. The van der Waals surface area contributed by atoms with Crippen LogP contribution in [0, 0.1) is 5.92 Å². The predicted molar refractivity (Wildman–Crippen MR) is 80.9 cm³/mol. The van der Waals surface area contributed by atoms with Crippen LogP contribution in [0.3, 0.4) is 0 Å². The average Bonchev–Trinajstić information content (AvgIpc) is 2.88. The first-order valence-electron chi connectivity index (χ1n) is 6.96. The Kier molecular flexibility index (Phi) is 4.80. The second-order valence-corrected chi connectivity index (χ2v) is 5.24. The Morgan fingerprint density at radius 1 is 1.19 bits per heavy atom. The Balaban J connectivity index is 2.48. The zero-order valence-electron chi connectivity index (χ0n) is 13.0. The minimum absolute atomic E-state index is 0.384. The van der Waals surface area contributed by atoms with Crippen LogP contribution in [0.4, 0.5) is 0 Å². The maximum absolute atomic E-state index is 5.76. The molecule has 0 amide bonds. The molecule has 1 aromatic heterocycles. The number of rotatable bonds is 6. The molecule has 0 aliphatic rings. The van der Waals surface area contributed by atoms with Gasteiger partial charge >= 0.3 is 0 Å². The van der Waals surface area contributed by atoms with Gasteiger partial charge in [-0.2, -0.15) is 0 Å². The fourth-order valence-corrected chi connectivity index (χ4v) is 2.25.